The fraction of sp³-hybridized carbons (Fsp3) is 0. The number of halogens is 4. The van der Waals surface area contributed by atoms with Crippen LogP contribution in [-0.2, 0) is 0 Å². The standard InChI is InChI=1S/C7H2ClF2IO/c8-7(12)4-1-3(9)2-5(11)6(4)10/h1-2H. The zero-order chi connectivity index (χ0) is 9.30. The molecule has 0 aliphatic carbocycles. The Bertz CT molecular complexity index is 340. The van der Waals surface area contributed by atoms with Gasteiger partial charge in [0.25, 0.3) is 5.24 Å². The molecule has 0 spiro atoms. The summed E-state index contributed by atoms with van der Waals surface area (Å²) in [5.74, 6) is -1.46. The Morgan fingerprint density at radius 1 is 1.42 bits per heavy atom. The topological polar surface area (TPSA) is 17.1 Å². The molecule has 0 aliphatic heterocycles. The van der Waals surface area contributed by atoms with Crippen molar-refractivity contribution in [3.05, 3.63) is 32.9 Å². The number of benzene rings is 1. The Morgan fingerprint density at radius 3 is 2.50 bits per heavy atom. The average molecular weight is 302 g/mol. The van der Waals surface area contributed by atoms with Gasteiger partial charge in [0.2, 0.25) is 0 Å². The molecule has 0 fully saturated rings. The van der Waals surface area contributed by atoms with Gasteiger partial charge in [0.1, 0.15) is 11.6 Å². The molecule has 0 unspecified atom stereocenters. The highest BCUT2D eigenvalue weighted by molar-refractivity contribution is 14.1. The van der Waals surface area contributed by atoms with E-state index in [1.165, 1.54) is 0 Å². The lowest BCUT2D eigenvalue weighted by Gasteiger charge is -1.99. The van der Waals surface area contributed by atoms with E-state index in [1.807, 2.05) is 0 Å². The lowest BCUT2D eigenvalue weighted by Crippen LogP contribution is -1.98. The summed E-state index contributed by atoms with van der Waals surface area (Å²) in [5, 5.41) is -0.995. The second kappa shape index (κ2) is 3.66. The monoisotopic (exact) mass is 302 g/mol. The third-order valence-corrected chi connectivity index (χ3v) is 2.19. The second-order valence-corrected chi connectivity index (χ2v) is 3.53. The number of hydrogen-bond donors (Lipinski definition) is 0. The van der Waals surface area contributed by atoms with E-state index in [1.54, 1.807) is 22.6 Å². The van der Waals surface area contributed by atoms with Crippen molar-refractivity contribution in [3.8, 4) is 0 Å². The molecule has 0 radical (unpaired) electrons. The molecule has 0 bridgehead atoms. The van der Waals surface area contributed by atoms with Crippen LogP contribution in [0.25, 0.3) is 0 Å². The van der Waals surface area contributed by atoms with Gasteiger partial charge in [-0.25, -0.2) is 8.78 Å². The van der Waals surface area contributed by atoms with Crippen molar-refractivity contribution in [1.29, 1.82) is 0 Å². The highest BCUT2D eigenvalue weighted by Gasteiger charge is 2.13. The summed E-state index contributed by atoms with van der Waals surface area (Å²) < 4.78 is 25.6. The molecule has 1 aromatic rings. The predicted octanol–water partition coefficient (Wildman–Crippen LogP) is 2.95. The summed E-state index contributed by atoms with van der Waals surface area (Å²) in [6.45, 7) is 0. The molecule has 1 nitrogen and oxygen atoms in total. The molecular weight excluding hydrogens is 300 g/mol. The van der Waals surface area contributed by atoms with E-state index in [-0.39, 0.29) is 3.57 Å². The maximum Gasteiger partial charge on any atom is 0.255 e. The maximum atomic E-state index is 13.0. The van der Waals surface area contributed by atoms with E-state index in [0.717, 1.165) is 12.1 Å². The molecular formula is C7H2ClF2IO. The second-order valence-electron chi connectivity index (χ2n) is 2.02. The Morgan fingerprint density at radius 2 is 2.00 bits per heavy atom. The van der Waals surface area contributed by atoms with Crippen LogP contribution in [0.1, 0.15) is 10.4 Å². The van der Waals surface area contributed by atoms with Crippen LogP contribution in [0.3, 0.4) is 0 Å². The van der Waals surface area contributed by atoms with Crippen LogP contribution in [0.2, 0.25) is 0 Å². The van der Waals surface area contributed by atoms with Gasteiger partial charge in [0.15, 0.2) is 0 Å². The number of rotatable bonds is 1. The quantitative estimate of drug-likeness (QED) is 0.443. The molecule has 1 rings (SSSR count). The zero-order valence-corrected chi connectivity index (χ0v) is 8.49. The number of carbonyl (C=O) groups excluding carboxylic acids is 1. The van der Waals surface area contributed by atoms with Gasteiger partial charge in [-0.1, -0.05) is 0 Å². The third-order valence-electron chi connectivity index (χ3n) is 1.20. The van der Waals surface area contributed by atoms with Crippen LogP contribution in [0.4, 0.5) is 8.78 Å². The SMILES string of the molecule is O=C(Cl)c1cc(F)cc(I)c1F. The summed E-state index contributed by atoms with van der Waals surface area (Å²) in [6, 6.07) is 1.76. The Labute approximate surface area is 85.9 Å². The van der Waals surface area contributed by atoms with E-state index in [0.29, 0.717) is 0 Å². The Balaban J connectivity index is 3.37. The largest absolute Gasteiger partial charge is 0.275 e. The van der Waals surface area contributed by atoms with Gasteiger partial charge in [-0.15, -0.1) is 0 Å². The molecule has 0 aliphatic rings. The van der Waals surface area contributed by atoms with Crippen LogP contribution in [-0.4, -0.2) is 5.24 Å². The van der Waals surface area contributed by atoms with Crippen molar-refractivity contribution in [3.63, 3.8) is 0 Å². The summed E-state index contributed by atoms with van der Waals surface area (Å²) in [6.07, 6.45) is 0. The first-order chi connectivity index (χ1) is 5.52. The molecule has 64 valence electrons. The smallest absolute Gasteiger partial charge is 0.255 e. The molecule has 0 aromatic heterocycles. The molecule has 0 saturated heterocycles. The van der Waals surface area contributed by atoms with Crippen LogP contribution in [0.15, 0.2) is 12.1 Å². The molecule has 0 N–H and O–H groups in total. The minimum atomic E-state index is -0.995. The van der Waals surface area contributed by atoms with Crippen molar-refractivity contribution < 1.29 is 13.6 Å². The van der Waals surface area contributed by atoms with Crippen molar-refractivity contribution in [2.45, 2.75) is 0 Å². The van der Waals surface area contributed by atoms with E-state index in [4.69, 9.17) is 11.6 Å². The summed E-state index contributed by atoms with van der Waals surface area (Å²) in [7, 11) is 0. The first-order valence-corrected chi connectivity index (χ1v) is 4.32. The predicted molar refractivity (Wildman–Crippen MR) is 49.3 cm³/mol. The van der Waals surface area contributed by atoms with Gasteiger partial charge >= 0.3 is 0 Å². The zero-order valence-electron chi connectivity index (χ0n) is 5.57. The first-order valence-electron chi connectivity index (χ1n) is 2.86. The highest BCUT2D eigenvalue weighted by atomic mass is 127. The number of carbonyl (C=O) groups is 1. The third kappa shape index (κ3) is 1.92. The Hall–Kier alpha value is -0.230. The normalized spacial score (nSPS) is 10.0. The van der Waals surface area contributed by atoms with Gasteiger partial charge in [-0.2, -0.15) is 0 Å². The van der Waals surface area contributed by atoms with Gasteiger partial charge in [0.05, 0.1) is 9.13 Å². The Kier molecular flexibility index (Phi) is 3.00. The van der Waals surface area contributed by atoms with Gasteiger partial charge in [-0.05, 0) is 46.3 Å². The number of hydrogen-bond acceptors (Lipinski definition) is 1. The molecule has 0 atom stereocenters. The maximum absolute atomic E-state index is 13.0. The van der Waals surface area contributed by atoms with Crippen LogP contribution in [0.5, 0.6) is 0 Å². The molecule has 5 heteroatoms. The van der Waals surface area contributed by atoms with E-state index in [2.05, 4.69) is 0 Å². The summed E-state index contributed by atoms with van der Waals surface area (Å²) in [4.78, 5) is 10.5. The van der Waals surface area contributed by atoms with Crippen molar-refractivity contribution in [2.24, 2.45) is 0 Å². The van der Waals surface area contributed by atoms with Crippen LogP contribution < -0.4 is 0 Å². The van der Waals surface area contributed by atoms with E-state index >= 15 is 0 Å². The summed E-state index contributed by atoms with van der Waals surface area (Å²) >= 11 is 6.59. The molecule has 0 amide bonds. The van der Waals surface area contributed by atoms with Gasteiger partial charge in [-0.3, -0.25) is 4.79 Å². The minimum absolute atomic E-state index is 0.0385. The molecule has 0 heterocycles. The van der Waals surface area contributed by atoms with E-state index < -0.39 is 22.4 Å². The van der Waals surface area contributed by atoms with E-state index in [9.17, 15) is 13.6 Å². The van der Waals surface area contributed by atoms with Crippen LogP contribution >= 0.6 is 34.2 Å². The van der Waals surface area contributed by atoms with Crippen molar-refractivity contribution in [2.75, 3.05) is 0 Å². The fourth-order valence-electron chi connectivity index (χ4n) is 0.699. The highest BCUT2D eigenvalue weighted by Crippen LogP contribution is 2.18. The average Bonchev–Trinajstić information content (AvgIpc) is 1.96. The first kappa shape index (κ1) is 9.85. The fourth-order valence-corrected chi connectivity index (χ4v) is 1.42. The molecule has 12 heavy (non-hydrogen) atoms. The lowest BCUT2D eigenvalue weighted by atomic mass is 10.2. The molecule has 0 saturated carbocycles. The van der Waals surface area contributed by atoms with Crippen molar-refractivity contribution in [1.82, 2.24) is 0 Å². The van der Waals surface area contributed by atoms with Crippen molar-refractivity contribution >= 4 is 39.4 Å². The van der Waals surface area contributed by atoms with Crippen LogP contribution in [0, 0.1) is 15.2 Å². The van der Waals surface area contributed by atoms with Gasteiger partial charge in [0, 0.05) is 0 Å². The summed E-state index contributed by atoms with van der Waals surface area (Å²) in [5.41, 5.74) is -0.430. The molecule has 1 aromatic carbocycles. The lowest BCUT2D eigenvalue weighted by molar-refractivity contribution is 0.107. The minimum Gasteiger partial charge on any atom is -0.275 e. The van der Waals surface area contributed by atoms with Gasteiger partial charge < -0.3 is 0 Å².